The van der Waals surface area contributed by atoms with Gasteiger partial charge in [0.1, 0.15) is 5.78 Å². The first-order valence-corrected chi connectivity index (χ1v) is 7.09. The molecule has 0 spiro atoms. The second-order valence-electron chi connectivity index (χ2n) is 6.67. The van der Waals surface area contributed by atoms with Crippen molar-refractivity contribution in [2.45, 2.75) is 77.1 Å². The molecule has 0 aromatic rings. The highest BCUT2D eigenvalue weighted by atomic mass is 16.5. The van der Waals surface area contributed by atoms with Gasteiger partial charge in [0.05, 0.1) is 17.8 Å². The predicted molar refractivity (Wildman–Crippen MR) is 70.6 cm³/mol. The average molecular weight is 254 g/mol. The van der Waals surface area contributed by atoms with E-state index in [-0.39, 0.29) is 11.0 Å². The maximum Gasteiger partial charge on any atom is 0.135 e. The van der Waals surface area contributed by atoms with Crippen molar-refractivity contribution < 1.29 is 14.3 Å². The van der Waals surface area contributed by atoms with Gasteiger partial charge in [0.2, 0.25) is 0 Å². The molecule has 0 bridgehead atoms. The quantitative estimate of drug-likeness (QED) is 0.773. The Morgan fingerprint density at radius 2 is 1.56 bits per heavy atom. The van der Waals surface area contributed by atoms with E-state index < -0.39 is 0 Å². The van der Waals surface area contributed by atoms with Crippen LogP contribution >= 0.6 is 0 Å². The molecule has 0 unspecified atom stereocenters. The number of ether oxygens (including phenoxy) is 2. The van der Waals surface area contributed by atoms with Crippen molar-refractivity contribution in [3.05, 3.63) is 0 Å². The third-order valence-corrected chi connectivity index (χ3v) is 4.78. The van der Waals surface area contributed by atoms with Crippen molar-refractivity contribution in [2.75, 3.05) is 7.11 Å². The second-order valence-corrected chi connectivity index (χ2v) is 6.67. The number of methoxy groups -OCH3 is 1. The Bertz CT molecular complexity index is 310. The lowest BCUT2D eigenvalue weighted by Gasteiger charge is -2.53. The predicted octanol–water partition coefficient (Wildman–Crippen LogP) is 3.11. The summed E-state index contributed by atoms with van der Waals surface area (Å²) in [6.07, 6.45) is 6.90. The highest BCUT2D eigenvalue weighted by Gasteiger charge is 2.53. The van der Waals surface area contributed by atoms with Crippen molar-refractivity contribution in [3.8, 4) is 0 Å². The van der Waals surface area contributed by atoms with Crippen LogP contribution in [0, 0.1) is 5.41 Å². The van der Waals surface area contributed by atoms with Gasteiger partial charge in [-0.3, -0.25) is 4.79 Å². The maximum atomic E-state index is 11.5. The van der Waals surface area contributed by atoms with Crippen molar-refractivity contribution in [3.63, 3.8) is 0 Å². The van der Waals surface area contributed by atoms with Gasteiger partial charge in [-0.2, -0.15) is 0 Å². The fourth-order valence-corrected chi connectivity index (χ4v) is 3.72. The Labute approximate surface area is 110 Å². The Morgan fingerprint density at radius 3 is 2.00 bits per heavy atom. The van der Waals surface area contributed by atoms with E-state index in [2.05, 4.69) is 13.8 Å². The van der Waals surface area contributed by atoms with Crippen LogP contribution in [0.25, 0.3) is 0 Å². The van der Waals surface area contributed by atoms with Crippen LogP contribution in [-0.4, -0.2) is 30.7 Å². The molecular formula is C15H26O3. The second kappa shape index (κ2) is 4.93. The first kappa shape index (κ1) is 14.0. The van der Waals surface area contributed by atoms with E-state index >= 15 is 0 Å². The topological polar surface area (TPSA) is 35.5 Å². The zero-order valence-electron chi connectivity index (χ0n) is 12.1. The lowest BCUT2D eigenvalue weighted by atomic mass is 9.59. The Kier molecular flexibility index (Phi) is 3.84. The number of rotatable bonds is 4. The summed E-state index contributed by atoms with van der Waals surface area (Å²) < 4.78 is 11.6. The van der Waals surface area contributed by atoms with Crippen LogP contribution in [0.2, 0.25) is 0 Å². The van der Waals surface area contributed by atoms with Gasteiger partial charge in [-0.1, -0.05) is 6.92 Å². The summed E-state index contributed by atoms with van der Waals surface area (Å²) in [5.41, 5.74) is -0.219. The van der Waals surface area contributed by atoms with E-state index in [4.69, 9.17) is 9.47 Å². The Hall–Kier alpha value is -0.410. The third kappa shape index (κ3) is 2.77. The van der Waals surface area contributed by atoms with Gasteiger partial charge >= 0.3 is 0 Å². The monoisotopic (exact) mass is 254 g/mol. The van der Waals surface area contributed by atoms with E-state index in [0.29, 0.717) is 18.0 Å². The SMILES string of the molecule is COC1CCC(OC2(C)CC(C)(C(C)=O)C2)CC1. The lowest BCUT2D eigenvalue weighted by molar-refractivity contribution is -0.193. The fraction of sp³-hybridized carbons (Fsp3) is 0.933. The highest BCUT2D eigenvalue weighted by Crippen LogP contribution is 2.51. The van der Waals surface area contributed by atoms with E-state index in [1.165, 1.54) is 0 Å². The molecular weight excluding hydrogens is 228 g/mol. The molecule has 18 heavy (non-hydrogen) atoms. The summed E-state index contributed by atoms with van der Waals surface area (Å²) in [5.74, 6) is 0.298. The normalized spacial score (nSPS) is 44.4. The van der Waals surface area contributed by atoms with E-state index in [9.17, 15) is 4.79 Å². The number of hydrogen-bond donors (Lipinski definition) is 0. The van der Waals surface area contributed by atoms with Gasteiger partial charge in [0.15, 0.2) is 0 Å². The molecule has 0 radical (unpaired) electrons. The molecule has 2 aliphatic carbocycles. The summed E-state index contributed by atoms with van der Waals surface area (Å²) in [7, 11) is 1.79. The van der Waals surface area contributed by atoms with E-state index in [1.54, 1.807) is 14.0 Å². The lowest BCUT2D eigenvalue weighted by Crippen LogP contribution is -2.55. The number of carbonyl (C=O) groups is 1. The maximum absolute atomic E-state index is 11.5. The van der Waals surface area contributed by atoms with Gasteiger partial charge in [0, 0.05) is 12.5 Å². The molecule has 2 fully saturated rings. The molecule has 3 heteroatoms. The molecule has 2 rings (SSSR count). The average Bonchev–Trinajstić information content (AvgIpc) is 2.27. The largest absolute Gasteiger partial charge is 0.381 e. The minimum atomic E-state index is -0.140. The van der Waals surface area contributed by atoms with Crippen LogP contribution in [-0.2, 0) is 14.3 Å². The minimum absolute atomic E-state index is 0.0784. The van der Waals surface area contributed by atoms with Gasteiger partial charge in [-0.25, -0.2) is 0 Å². The molecule has 0 aromatic carbocycles. The molecule has 0 amide bonds. The van der Waals surface area contributed by atoms with Crippen LogP contribution in [0.15, 0.2) is 0 Å². The smallest absolute Gasteiger partial charge is 0.135 e. The van der Waals surface area contributed by atoms with Crippen LogP contribution < -0.4 is 0 Å². The molecule has 0 aliphatic heterocycles. The molecule has 3 nitrogen and oxygen atoms in total. The van der Waals surface area contributed by atoms with Crippen LogP contribution in [0.5, 0.6) is 0 Å². The minimum Gasteiger partial charge on any atom is -0.381 e. The number of Topliss-reactive ketones (excluding diaryl/α,β-unsaturated/α-hetero) is 1. The number of ketones is 1. The zero-order valence-corrected chi connectivity index (χ0v) is 12.1. The number of carbonyl (C=O) groups excluding carboxylic acids is 1. The van der Waals surface area contributed by atoms with Crippen molar-refractivity contribution >= 4 is 5.78 Å². The molecule has 2 aliphatic rings. The van der Waals surface area contributed by atoms with Crippen LogP contribution in [0.4, 0.5) is 0 Å². The summed E-state index contributed by atoms with van der Waals surface area (Å²) in [6.45, 7) is 5.91. The standard InChI is InChI=1S/C15H26O3/c1-11(16)14(2)9-15(3,10-14)18-13-7-5-12(17-4)6-8-13/h12-13H,5-10H2,1-4H3. The van der Waals surface area contributed by atoms with Gasteiger partial charge in [-0.05, 0) is 52.4 Å². The summed E-state index contributed by atoms with van der Waals surface area (Å²) in [4.78, 5) is 11.5. The van der Waals surface area contributed by atoms with Gasteiger partial charge in [0.25, 0.3) is 0 Å². The van der Waals surface area contributed by atoms with Crippen LogP contribution in [0.3, 0.4) is 0 Å². The van der Waals surface area contributed by atoms with Gasteiger partial charge < -0.3 is 9.47 Å². The van der Waals surface area contributed by atoms with Crippen LogP contribution in [0.1, 0.15) is 59.3 Å². The highest BCUT2D eigenvalue weighted by molar-refractivity contribution is 5.83. The first-order chi connectivity index (χ1) is 8.37. The van der Waals surface area contributed by atoms with E-state index in [1.807, 2.05) is 0 Å². The molecule has 104 valence electrons. The van der Waals surface area contributed by atoms with Crippen molar-refractivity contribution in [1.29, 1.82) is 0 Å². The van der Waals surface area contributed by atoms with Crippen molar-refractivity contribution in [1.82, 2.24) is 0 Å². The summed E-state index contributed by atoms with van der Waals surface area (Å²) >= 11 is 0. The number of hydrogen-bond acceptors (Lipinski definition) is 3. The Balaban J connectivity index is 1.80. The molecule has 2 saturated carbocycles. The molecule has 0 heterocycles. The van der Waals surface area contributed by atoms with E-state index in [0.717, 1.165) is 38.5 Å². The summed E-state index contributed by atoms with van der Waals surface area (Å²) in [5, 5.41) is 0. The molecule has 0 saturated heterocycles. The zero-order chi connectivity index (χ0) is 13.4. The summed E-state index contributed by atoms with van der Waals surface area (Å²) in [6, 6.07) is 0. The first-order valence-electron chi connectivity index (χ1n) is 7.09. The molecule has 0 aromatic heterocycles. The van der Waals surface area contributed by atoms with Gasteiger partial charge in [-0.15, -0.1) is 0 Å². The Morgan fingerprint density at radius 1 is 1.06 bits per heavy atom. The fourth-order valence-electron chi connectivity index (χ4n) is 3.72. The van der Waals surface area contributed by atoms with Crippen molar-refractivity contribution in [2.24, 2.45) is 5.41 Å². The molecule has 0 atom stereocenters. The molecule has 0 N–H and O–H groups in total. The third-order valence-electron chi connectivity index (χ3n) is 4.78.